The number of carbonyl (C=O) groups is 2. The summed E-state index contributed by atoms with van der Waals surface area (Å²) in [5, 5.41) is 3.15. The molecule has 112 valence electrons. The number of hydrogen-bond donors (Lipinski definition) is 1. The summed E-state index contributed by atoms with van der Waals surface area (Å²) in [5.74, 6) is -1.08. The quantitative estimate of drug-likeness (QED) is 0.851. The van der Waals surface area contributed by atoms with Crippen molar-refractivity contribution in [2.45, 2.75) is 33.1 Å². The molecule has 3 rings (SSSR count). The van der Waals surface area contributed by atoms with Crippen molar-refractivity contribution in [3.8, 4) is 0 Å². The monoisotopic (exact) mass is 306 g/mol. The van der Waals surface area contributed by atoms with Gasteiger partial charge in [-0.25, -0.2) is 0 Å². The van der Waals surface area contributed by atoms with E-state index >= 15 is 0 Å². The molecule has 0 saturated carbocycles. The van der Waals surface area contributed by atoms with Crippen LogP contribution in [0.25, 0.3) is 0 Å². The van der Waals surface area contributed by atoms with Gasteiger partial charge in [0.25, 0.3) is 11.7 Å². The number of nitrogens with one attached hydrogen (secondary N) is 1. The van der Waals surface area contributed by atoms with Crippen LogP contribution in [0.15, 0.2) is 12.1 Å². The third kappa shape index (κ3) is 2.42. The summed E-state index contributed by atoms with van der Waals surface area (Å²) < 4.78 is 0. The number of carbonyl (C=O) groups excluding carboxylic acids is 2. The van der Waals surface area contributed by atoms with Crippen LogP contribution >= 0.6 is 11.6 Å². The lowest BCUT2D eigenvalue weighted by molar-refractivity contribution is -0.112. The van der Waals surface area contributed by atoms with Gasteiger partial charge in [-0.05, 0) is 30.4 Å². The van der Waals surface area contributed by atoms with E-state index in [-0.39, 0.29) is 0 Å². The van der Waals surface area contributed by atoms with Crippen molar-refractivity contribution in [1.29, 1.82) is 0 Å². The number of amides is 1. The molecule has 0 spiro atoms. The van der Waals surface area contributed by atoms with Crippen molar-refractivity contribution in [2.75, 3.05) is 23.3 Å². The number of fused-ring (bicyclic) bond motifs is 1. The largest absolute Gasteiger partial charge is 0.370 e. The second-order valence-corrected chi connectivity index (χ2v) is 6.69. The summed E-state index contributed by atoms with van der Waals surface area (Å²) in [4.78, 5) is 25.4. The van der Waals surface area contributed by atoms with Gasteiger partial charge in [-0.15, -0.1) is 0 Å². The van der Waals surface area contributed by atoms with Gasteiger partial charge in [0, 0.05) is 13.1 Å². The summed E-state index contributed by atoms with van der Waals surface area (Å²) >= 11 is 6.33. The Morgan fingerprint density at radius 2 is 1.95 bits per heavy atom. The van der Waals surface area contributed by atoms with Gasteiger partial charge in [-0.2, -0.15) is 0 Å². The number of Topliss-reactive ketones (excluding diaryl/α,β-unsaturated/α-hetero) is 1. The SMILES string of the molecule is CCC1(C)CCN(c2cc3c(cc2Cl)C(=O)C(=O)N3)CC1. The lowest BCUT2D eigenvalue weighted by atomic mass is 9.78. The van der Waals surface area contributed by atoms with E-state index in [1.807, 2.05) is 6.07 Å². The van der Waals surface area contributed by atoms with Gasteiger partial charge in [0.2, 0.25) is 0 Å². The smallest absolute Gasteiger partial charge is 0.296 e. The second-order valence-electron chi connectivity index (χ2n) is 6.28. The first-order chi connectivity index (χ1) is 9.93. The number of rotatable bonds is 2. The number of ketones is 1. The average molecular weight is 307 g/mol. The second kappa shape index (κ2) is 5.02. The Hall–Kier alpha value is -1.55. The molecule has 1 amide bonds. The number of nitrogens with zero attached hydrogens (tertiary/aromatic N) is 1. The summed E-state index contributed by atoms with van der Waals surface area (Å²) in [7, 11) is 0. The molecule has 0 bridgehead atoms. The maximum atomic E-state index is 11.7. The van der Waals surface area contributed by atoms with Gasteiger partial charge in [0.1, 0.15) is 0 Å². The Kier molecular flexibility index (Phi) is 3.44. The van der Waals surface area contributed by atoms with E-state index in [9.17, 15) is 9.59 Å². The Morgan fingerprint density at radius 3 is 2.57 bits per heavy atom. The van der Waals surface area contributed by atoms with Crippen LogP contribution in [0, 0.1) is 5.41 Å². The van der Waals surface area contributed by atoms with E-state index in [0.29, 0.717) is 21.7 Å². The molecule has 0 aliphatic carbocycles. The zero-order valence-corrected chi connectivity index (χ0v) is 13.1. The maximum absolute atomic E-state index is 11.7. The Labute approximate surface area is 129 Å². The van der Waals surface area contributed by atoms with Gasteiger partial charge in [-0.1, -0.05) is 31.9 Å². The van der Waals surface area contributed by atoms with Gasteiger partial charge < -0.3 is 10.2 Å². The van der Waals surface area contributed by atoms with Crippen LogP contribution in [-0.4, -0.2) is 24.8 Å². The minimum atomic E-state index is -0.574. The summed E-state index contributed by atoms with van der Waals surface area (Å²) in [5.41, 5.74) is 2.27. The fourth-order valence-electron chi connectivity index (χ4n) is 3.04. The molecule has 21 heavy (non-hydrogen) atoms. The van der Waals surface area contributed by atoms with E-state index < -0.39 is 11.7 Å². The summed E-state index contributed by atoms with van der Waals surface area (Å²) in [6.45, 7) is 6.46. The lowest BCUT2D eigenvalue weighted by Crippen LogP contribution is -2.38. The topological polar surface area (TPSA) is 49.4 Å². The van der Waals surface area contributed by atoms with E-state index in [1.54, 1.807) is 6.07 Å². The predicted molar refractivity (Wildman–Crippen MR) is 84.3 cm³/mol. The molecular weight excluding hydrogens is 288 g/mol. The molecule has 0 radical (unpaired) electrons. The zero-order valence-electron chi connectivity index (χ0n) is 12.3. The van der Waals surface area contributed by atoms with Crippen LogP contribution in [0.5, 0.6) is 0 Å². The standard InChI is InChI=1S/C16H19ClN2O2/c1-3-16(2)4-6-19(7-5-16)13-9-12-10(8-11(13)17)14(20)15(21)18-12/h8-9H,3-7H2,1-2H3,(H,18,20,21). The van der Waals surface area contributed by atoms with Crippen molar-refractivity contribution in [2.24, 2.45) is 5.41 Å². The van der Waals surface area contributed by atoms with Gasteiger partial charge >= 0.3 is 0 Å². The molecule has 2 aliphatic heterocycles. The van der Waals surface area contributed by atoms with Crippen molar-refractivity contribution >= 4 is 34.7 Å². The van der Waals surface area contributed by atoms with Crippen LogP contribution in [-0.2, 0) is 4.79 Å². The normalized spacial score (nSPS) is 20.4. The van der Waals surface area contributed by atoms with Gasteiger partial charge in [0.05, 0.1) is 22.0 Å². The van der Waals surface area contributed by atoms with Crippen molar-refractivity contribution in [3.05, 3.63) is 22.7 Å². The number of anilines is 2. The molecule has 1 aromatic carbocycles. The average Bonchev–Trinajstić information content (AvgIpc) is 2.75. The number of hydrogen-bond acceptors (Lipinski definition) is 3. The molecule has 0 atom stereocenters. The third-order valence-electron chi connectivity index (χ3n) is 4.95. The highest BCUT2D eigenvalue weighted by molar-refractivity contribution is 6.52. The molecule has 2 heterocycles. The van der Waals surface area contributed by atoms with Crippen LogP contribution < -0.4 is 10.2 Å². The fraction of sp³-hybridized carbons (Fsp3) is 0.500. The first-order valence-electron chi connectivity index (χ1n) is 7.38. The summed E-state index contributed by atoms with van der Waals surface area (Å²) in [6, 6.07) is 3.44. The zero-order chi connectivity index (χ0) is 15.2. The molecule has 1 saturated heterocycles. The summed E-state index contributed by atoms with van der Waals surface area (Å²) in [6.07, 6.45) is 3.44. The van der Waals surface area contributed by atoms with E-state index in [0.717, 1.165) is 31.6 Å². The fourth-order valence-corrected chi connectivity index (χ4v) is 3.32. The highest BCUT2D eigenvalue weighted by atomic mass is 35.5. The van der Waals surface area contributed by atoms with Crippen molar-refractivity contribution in [3.63, 3.8) is 0 Å². The highest BCUT2D eigenvalue weighted by Gasteiger charge is 2.32. The van der Waals surface area contributed by atoms with Gasteiger partial charge in [-0.3, -0.25) is 9.59 Å². The number of benzene rings is 1. The van der Waals surface area contributed by atoms with Crippen LogP contribution in [0.4, 0.5) is 11.4 Å². The Morgan fingerprint density at radius 1 is 1.29 bits per heavy atom. The van der Waals surface area contributed by atoms with Gasteiger partial charge in [0.15, 0.2) is 0 Å². The Balaban J connectivity index is 1.87. The van der Waals surface area contributed by atoms with Crippen molar-refractivity contribution < 1.29 is 9.59 Å². The van der Waals surface area contributed by atoms with Crippen LogP contribution in [0.1, 0.15) is 43.5 Å². The van der Waals surface area contributed by atoms with Crippen LogP contribution in [0.2, 0.25) is 5.02 Å². The molecule has 1 fully saturated rings. The minimum Gasteiger partial charge on any atom is -0.370 e. The van der Waals surface area contributed by atoms with Crippen molar-refractivity contribution in [1.82, 2.24) is 0 Å². The molecule has 0 aromatic heterocycles. The third-order valence-corrected chi connectivity index (χ3v) is 5.25. The predicted octanol–water partition coefficient (Wildman–Crippen LogP) is 3.49. The molecule has 0 unspecified atom stereocenters. The lowest BCUT2D eigenvalue weighted by Gasteiger charge is -2.40. The molecule has 1 N–H and O–H groups in total. The van der Waals surface area contributed by atoms with Crippen LogP contribution in [0.3, 0.4) is 0 Å². The molecule has 5 heteroatoms. The van der Waals surface area contributed by atoms with E-state index in [4.69, 9.17) is 11.6 Å². The maximum Gasteiger partial charge on any atom is 0.296 e. The highest BCUT2D eigenvalue weighted by Crippen LogP contribution is 2.40. The van der Waals surface area contributed by atoms with E-state index in [2.05, 4.69) is 24.1 Å². The first kappa shape index (κ1) is 14.4. The Bertz CT molecular complexity index is 619. The molecule has 1 aromatic rings. The molecule has 2 aliphatic rings. The number of piperidine rings is 1. The minimum absolute atomic E-state index is 0.379. The van der Waals surface area contributed by atoms with E-state index in [1.165, 1.54) is 6.42 Å². The molecule has 4 nitrogen and oxygen atoms in total. The first-order valence-corrected chi connectivity index (χ1v) is 7.75. The number of halogens is 1. The molecular formula is C16H19ClN2O2.